The Hall–Kier alpha value is -1.42. The van der Waals surface area contributed by atoms with E-state index in [4.69, 9.17) is 5.84 Å². The van der Waals surface area contributed by atoms with Crippen molar-refractivity contribution in [2.24, 2.45) is 5.84 Å². The minimum atomic E-state index is -0.00499. The lowest BCUT2D eigenvalue weighted by Gasteiger charge is -2.15. The van der Waals surface area contributed by atoms with Gasteiger partial charge in [0.2, 0.25) is 0 Å². The van der Waals surface area contributed by atoms with Gasteiger partial charge in [-0.25, -0.2) is 5.43 Å². The Morgan fingerprint density at radius 2 is 1.80 bits per heavy atom. The molecule has 0 spiro atoms. The average molecular weight is 201 g/mol. The molecule has 1 unspecified atom stereocenters. The van der Waals surface area contributed by atoms with Crippen LogP contribution in [0.25, 0.3) is 10.8 Å². The smallest absolute Gasteiger partial charge is 0.0958 e. The van der Waals surface area contributed by atoms with E-state index in [1.807, 2.05) is 19.2 Å². The first-order chi connectivity index (χ1) is 7.35. The first kappa shape index (κ1) is 10.1. The summed E-state index contributed by atoms with van der Waals surface area (Å²) in [6, 6.07) is 14.6. The quantitative estimate of drug-likeness (QED) is 0.401. The fourth-order valence-electron chi connectivity index (χ4n) is 1.73. The summed E-state index contributed by atoms with van der Waals surface area (Å²) in [4.78, 5) is 0. The molecule has 3 heteroatoms. The third-order valence-corrected chi connectivity index (χ3v) is 2.56. The minimum absolute atomic E-state index is 0.00499. The number of rotatable bonds is 3. The Balaban J connectivity index is 2.46. The van der Waals surface area contributed by atoms with Gasteiger partial charge in [0.15, 0.2) is 0 Å². The van der Waals surface area contributed by atoms with Gasteiger partial charge in [-0.05, 0) is 29.4 Å². The van der Waals surface area contributed by atoms with E-state index in [0.29, 0.717) is 0 Å². The Morgan fingerprint density at radius 1 is 1.07 bits per heavy atom. The van der Waals surface area contributed by atoms with Crippen molar-refractivity contribution in [1.29, 1.82) is 0 Å². The first-order valence-electron chi connectivity index (χ1n) is 4.97. The third-order valence-electron chi connectivity index (χ3n) is 2.56. The fraction of sp³-hybridized carbons (Fsp3) is 0.167. The number of hydrazine groups is 1. The molecule has 2 aromatic carbocycles. The van der Waals surface area contributed by atoms with E-state index in [1.165, 1.54) is 10.8 Å². The second kappa shape index (κ2) is 4.40. The molecule has 4 N–H and O–H groups in total. The number of fused-ring (bicyclic) bond motifs is 1. The van der Waals surface area contributed by atoms with E-state index in [-0.39, 0.29) is 6.17 Å². The minimum Gasteiger partial charge on any atom is -0.300 e. The lowest BCUT2D eigenvalue weighted by molar-refractivity contribution is 0.489. The molecule has 0 amide bonds. The van der Waals surface area contributed by atoms with Crippen LogP contribution in [0.4, 0.5) is 0 Å². The maximum Gasteiger partial charge on any atom is 0.0958 e. The number of hydrogen-bond acceptors (Lipinski definition) is 3. The molecule has 0 aromatic heterocycles. The van der Waals surface area contributed by atoms with Crippen LogP contribution in [0.5, 0.6) is 0 Å². The van der Waals surface area contributed by atoms with Gasteiger partial charge in [0.1, 0.15) is 0 Å². The summed E-state index contributed by atoms with van der Waals surface area (Å²) in [7, 11) is 1.87. The molecule has 2 rings (SSSR count). The van der Waals surface area contributed by atoms with Crippen LogP contribution in [-0.2, 0) is 0 Å². The Morgan fingerprint density at radius 3 is 2.47 bits per heavy atom. The summed E-state index contributed by atoms with van der Waals surface area (Å²) >= 11 is 0. The standard InChI is InChI=1S/C12H15N3/c1-14-12(15-13)11-7-6-9-4-2-3-5-10(9)8-11/h2-8,12,14-15H,13H2,1H3. The molecular weight excluding hydrogens is 186 g/mol. The largest absolute Gasteiger partial charge is 0.300 e. The lowest BCUT2D eigenvalue weighted by atomic mass is 10.1. The predicted octanol–water partition coefficient (Wildman–Crippen LogP) is 1.52. The van der Waals surface area contributed by atoms with Crippen LogP contribution in [0.3, 0.4) is 0 Å². The van der Waals surface area contributed by atoms with E-state index in [0.717, 1.165) is 5.56 Å². The Bertz CT molecular complexity index is 449. The molecule has 0 aliphatic heterocycles. The molecule has 0 fully saturated rings. The van der Waals surface area contributed by atoms with E-state index >= 15 is 0 Å². The average Bonchev–Trinajstić information content (AvgIpc) is 2.30. The van der Waals surface area contributed by atoms with Crippen LogP contribution in [0.2, 0.25) is 0 Å². The van der Waals surface area contributed by atoms with Crippen molar-refractivity contribution < 1.29 is 0 Å². The molecule has 0 saturated carbocycles. The first-order valence-corrected chi connectivity index (χ1v) is 4.97. The number of nitrogens with one attached hydrogen (secondary N) is 2. The second-order valence-corrected chi connectivity index (χ2v) is 3.49. The van der Waals surface area contributed by atoms with E-state index in [2.05, 4.69) is 41.1 Å². The summed E-state index contributed by atoms with van der Waals surface area (Å²) < 4.78 is 0. The molecule has 0 heterocycles. The number of hydrogen-bond donors (Lipinski definition) is 3. The summed E-state index contributed by atoms with van der Waals surface area (Å²) in [6.07, 6.45) is -0.00499. The van der Waals surface area contributed by atoms with Crippen molar-refractivity contribution >= 4 is 10.8 Å². The molecule has 0 bridgehead atoms. The highest BCUT2D eigenvalue weighted by molar-refractivity contribution is 5.83. The fourth-order valence-corrected chi connectivity index (χ4v) is 1.73. The number of nitrogens with two attached hydrogens (primary N) is 1. The van der Waals surface area contributed by atoms with Crippen LogP contribution < -0.4 is 16.6 Å². The molecule has 2 aromatic rings. The zero-order valence-electron chi connectivity index (χ0n) is 8.70. The van der Waals surface area contributed by atoms with E-state index in [9.17, 15) is 0 Å². The normalized spacial score (nSPS) is 12.9. The van der Waals surface area contributed by atoms with Gasteiger partial charge in [0.25, 0.3) is 0 Å². The maximum atomic E-state index is 5.45. The maximum absolute atomic E-state index is 5.45. The zero-order valence-corrected chi connectivity index (χ0v) is 8.70. The van der Waals surface area contributed by atoms with Gasteiger partial charge in [-0.3, -0.25) is 5.84 Å². The summed E-state index contributed by atoms with van der Waals surface area (Å²) in [6.45, 7) is 0. The third kappa shape index (κ3) is 1.99. The summed E-state index contributed by atoms with van der Waals surface area (Å²) in [5, 5.41) is 5.57. The Labute approximate surface area is 89.3 Å². The molecule has 78 valence electrons. The molecule has 3 nitrogen and oxygen atoms in total. The van der Waals surface area contributed by atoms with E-state index in [1.54, 1.807) is 0 Å². The SMILES string of the molecule is CNC(NN)c1ccc2ccccc2c1. The second-order valence-electron chi connectivity index (χ2n) is 3.49. The van der Waals surface area contributed by atoms with Crippen molar-refractivity contribution in [2.45, 2.75) is 6.17 Å². The van der Waals surface area contributed by atoms with Crippen molar-refractivity contribution in [1.82, 2.24) is 10.7 Å². The molecule has 0 saturated heterocycles. The van der Waals surface area contributed by atoms with Crippen LogP contribution in [0.1, 0.15) is 11.7 Å². The molecule has 0 radical (unpaired) electrons. The van der Waals surface area contributed by atoms with Gasteiger partial charge in [-0.1, -0.05) is 36.4 Å². The van der Waals surface area contributed by atoms with Crippen LogP contribution in [-0.4, -0.2) is 7.05 Å². The lowest BCUT2D eigenvalue weighted by Crippen LogP contribution is -2.36. The predicted molar refractivity (Wildman–Crippen MR) is 63.1 cm³/mol. The highest BCUT2D eigenvalue weighted by Gasteiger charge is 2.06. The summed E-state index contributed by atoms with van der Waals surface area (Å²) in [5.41, 5.74) is 3.86. The summed E-state index contributed by atoms with van der Waals surface area (Å²) in [5.74, 6) is 5.45. The van der Waals surface area contributed by atoms with Crippen molar-refractivity contribution in [3.63, 3.8) is 0 Å². The van der Waals surface area contributed by atoms with Gasteiger partial charge in [0.05, 0.1) is 6.17 Å². The van der Waals surface area contributed by atoms with Gasteiger partial charge in [-0.2, -0.15) is 0 Å². The van der Waals surface area contributed by atoms with Gasteiger partial charge < -0.3 is 5.32 Å². The topological polar surface area (TPSA) is 50.1 Å². The zero-order chi connectivity index (χ0) is 10.7. The number of benzene rings is 2. The van der Waals surface area contributed by atoms with Gasteiger partial charge >= 0.3 is 0 Å². The van der Waals surface area contributed by atoms with Crippen LogP contribution in [0, 0.1) is 0 Å². The van der Waals surface area contributed by atoms with Gasteiger partial charge in [0, 0.05) is 0 Å². The van der Waals surface area contributed by atoms with Crippen LogP contribution >= 0.6 is 0 Å². The van der Waals surface area contributed by atoms with Crippen LogP contribution in [0.15, 0.2) is 42.5 Å². The van der Waals surface area contributed by atoms with Gasteiger partial charge in [-0.15, -0.1) is 0 Å². The monoisotopic (exact) mass is 201 g/mol. The molecule has 0 aliphatic carbocycles. The van der Waals surface area contributed by atoms with Crippen molar-refractivity contribution in [2.75, 3.05) is 7.05 Å². The van der Waals surface area contributed by atoms with E-state index < -0.39 is 0 Å². The highest BCUT2D eigenvalue weighted by atomic mass is 15.3. The molecule has 0 aliphatic rings. The highest BCUT2D eigenvalue weighted by Crippen LogP contribution is 2.18. The molecule has 15 heavy (non-hydrogen) atoms. The molecular formula is C12H15N3. The molecule has 1 atom stereocenters. The Kier molecular flexibility index (Phi) is 2.97. The van der Waals surface area contributed by atoms with Crippen molar-refractivity contribution in [3.8, 4) is 0 Å². The van der Waals surface area contributed by atoms with Crippen molar-refractivity contribution in [3.05, 3.63) is 48.0 Å².